The van der Waals surface area contributed by atoms with Crippen LogP contribution in [0, 0.1) is 0 Å². The molecule has 0 fully saturated rings. The Morgan fingerprint density at radius 1 is 1.39 bits per heavy atom. The summed E-state index contributed by atoms with van der Waals surface area (Å²) in [5, 5.41) is 0. The van der Waals surface area contributed by atoms with Crippen molar-refractivity contribution in [2.45, 2.75) is 6.42 Å². The lowest BCUT2D eigenvalue weighted by atomic mass is 10.1. The number of ether oxygens (including phenoxy) is 3. The van der Waals surface area contributed by atoms with Crippen molar-refractivity contribution < 1.29 is 19.0 Å². The standard InChI is InChI=1S/C13H15NO4/c1-16-9-3-4-10(12(7-9)17-2)11(15)8-13-14-5-6-18-13/h3-4,7H,5-6,8H2,1-2H3. The molecule has 0 radical (unpaired) electrons. The normalized spacial score (nSPS) is 13.8. The van der Waals surface area contributed by atoms with Crippen molar-refractivity contribution in [1.82, 2.24) is 0 Å². The van der Waals surface area contributed by atoms with Crippen LogP contribution in [0.1, 0.15) is 16.8 Å². The molecule has 0 N–H and O–H groups in total. The van der Waals surface area contributed by atoms with E-state index in [9.17, 15) is 4.79 Å². The molecule has 1 heterocycles. The molecule has 5 heteroatoms. The Bertz CT molecular complexity index is 482. The van der Waals surface area contributed by atoms with E-state index >= 15 is 0 Å². The molecular formula is C13H15NO4. The predicted octanol–water partition coefficient (Wildman–Crippen LogP) is 1.71. The highest BCUT2D eigenvalue weighted by molar-refractivity contribution is 6.09. The largest absolute Gasteiger partial charge is 0.497 e. The quantitative estimate of drug-likeness (QED) is 0.745. The summed E-state index contributed by atoms with van der Waals surface area (Å²) in [7, 11) is 3.09. The van der Waals surface area contributed by atoms with E-state index in [-0.39, 0.29) is 12.2 Å². The number of benzene rings is 1. The number of carbonyl (C=O) groups is 1. The van der Waals surface area contributed by atoms with E-state index in [2.05, 4.69) is 4.99 Å². The monoisotopic (exact) mass is 249 g/mol. The van der Waals surface area contributed by atoms with Crippen molar-refractivity contribution in [1.29, 1.82) is 0 Å². The molecule has 0 bridgehead atoms. The van der Waals surface area contributed by atoms with E-state index in [0.717, 1.165) is 0 Å². The lowest BCUT2D eigenvalue weighted by molar-refractivity contribution is 0.0991. The zero-order valence-corrected chi connectivity index (χ0v) is 10.4. The van der Waals surface area contributed by atoms with Gasteiger partial charge in [0.05, 0.1) is 32.7 Å². The van der Waals surface area contributed by atoms with Gasteiger partial charge in [-0.1, -0.05) is 0 Å². The summed E-state index contributed by atoms with van der Waals surface area (Å²) in [6.45, 7) is 1.19. The maximum atomic E-state index is 12.1. The van der Waals surface area contributed by atoms with E-state index in [1.165, 1.54) is 7.11 Å². The number of carbonyl (C=O) groups excluding carboxylic acids is 1. The summed E-state index contributed by atoms with van der Waals surface area (Å²) in [4.78, 5) is 16.2. The van der Waals surface area contributed by atoms with Gasteiger partial charge in [-0.25, -0.2) is 0 Å². The molecule has 0 unspecified atom stereocenters. The van der Waals surface area contributed by atoms with Gasteiger partial charge in [-0.05, 0) is 12.1 Å². The Morgan fingerprint density at radius 2 is 2.22 bits per heavy atom. The van der Waals surface area contributed by atoms with Gasteiger partial charge in [-0.15, -0.1) is 0 Å². The Morgan fingerprint density at radius 3 is 2.83 bits per heavy atom. The molecule has 5 nitrogen and oxygen atoms in total. The lowest BCUT2D eigenvalue weighted by Crippen LogP contribution is -2.10. The minimum absolute atomic E-state index is 0.0739. The van der Waals surface area contributed by atoms with Crippen LogP contribution in [0.15, 0.2) is 23.2 Å². The number of hydrogen-bond acceptors (Lipinski definition) is 5. The first kappa shape index (κ1) is 12.4. The van der Waals surface area contributed by atoms with Crippen LogP contribution in [-0.2, 0) is 4.74 Å². The van der Waals surface area contributed by atoms with Gasteiger partial charge in [0.15, 0.2) is 11.7 Å². The highest BCUT2D eigenvalue weighted by Crippen LogP contribution is 2.25. The molecular weight excluding hydrogens is 234 g/mol. The predicted molar refractivity (Wildman–Crippen MR) is 66.7 cm³/mol. The number of rotatable bonds is 5. The molecule has 1 aromatic rings. The summed E-state index contributed by atoms with van der Waals surface area (Å²) < 4.78 is 15.5. The van der Waals surface area contributed by atoms with Gasteiger partial charge in [-0.3, -0.25) is 9.79 Å². The minimum atomic E-state index is -0.0739. The van der Waals surface area contributed by atoms with E-state index in [0.29, 0.717) is 36.1 Å². The first-order chi connectivity index (χ1) is 8.74. The SMILES string of the molecule is COc1ccc(C(=O)CC2=NCCO2)c(OC)c1. The number of ketones is 1. The van der Waals surface area contributed by atoms with Crippen LogP contribution in [0.2, 0.25) is 0 Å². The third-order valence-electron chi connectivity index (χ3n) is 2.67. The fourth-order valence-corrected chi connectivity index (χ4v) is 1.75. The Balaban J connectivity index is 2.18. The Hall–Kier alpha value is -2.04. The Kier molecular flexibility index (Phi) is 3.82. The van der Waals surface area contributed by atoms with E-state index in [1.807, 2.05) is 0 Å². The van der Waals surface area contributed by atoms with Crippen LogP contribution in [0.3, 0.4) is 0 Å². The third kappa shape index (κ3) is 2.61. The second-order valence-electron chi connectivity index (χ2n) is 3.79. The Labute approximate surface area is 105 Å². The van der Waals surface area contributed by atoms with E-state index in [1.54, 1.807) is 25.3 Å². The zero-order chi connectivity index (χ0) is 13.0. The van der Waals surface area contributed by atoms with Crippen LogP contribution in [0.25, 0.3) is 0 Å². The average molecular weight is 249 g/mol. The topological polar surface area (TPSA) is 57.1 Å². The smallest absolute Gasteiger partial charge is 0.191 e. The fourth-order valence-electron chi connectivity index (χ4n) is 1.75. The minimum Gasteiger partial charge on any atom is -0.497 e. The molecule has 1 aliphatic heterocycles. The summed E-state index contributed by atoms with van der Waals surface area (Å²) in [6, 6.07) is 5.10. The van der Waals surface area contributed by atoms with Crippen molar-refractivity contribution in [3.05, 3.63) is 23.8 Å². The second kappa shape index (κ2) is 5.53. The van der Waals surface area contributed by atoms with Gasteiger partial charge in [0.2, 0.25) is 0 Å². The van der Waals surface area contributed by atoms with Gasteiger partial charge in [-0.2, -0.15) is 0 Å². The number of Topliss-reactive ketones (excluding diaryl/α,β-unsaturated/α-hetero) is 1. The fraction of sp³-hybridized carbons (Fsp3) is 0.385. The average Bonchev–Trinajstić information content (AvgIpc) is 2.90. The summed E-state index contributed by atoms with van der Waals surface area (Å²) in [5.74, 6) is 1.57. The molecule has 96 valence electrons. The van der Waals surface area contributed by atoms with Crippen molar-refractivity contribution in [2.24, 2.45) is 4.99 Å². The van der Waals surface area contributed by atoms with Crippen LogP contribution in [0.4, 0.5) is 0 Å². The number of aliphatic imine (C=N–C) groups is 1. The summed E-state index contributed by atoms with van der Waals surface area (Å²) in [5.41, 5.74) is 0.511. The molecule has 18 heavy (non-hydrogen) atoms. The van der Waals surface area contributed by atoms with Crippen LogP contribution >= 0.6 is 0 Å². The molecule has 2 rings (SSSR count). The van der Waals surface area contributed by atoms with Crippen LogP contribution in [0.5, 0.6) is 11.5 Å². The molecule has 1 aromatic carbocycles. The van der Waals surface area contributed by atoms with Crippen molar-refractivity contribution in [3.63, 3.8) is 0 Å². The number of methoxy groups -OCH3 is 2. The first-order valence-electron chi connectivity index (χ1n) is 5.66. The maximum absolute atomic E-state index is 12.1. The molecule has 0 saturated carbocycles. The zero-order valence-electron chi connectivity index (χ0n) is 10.4. The maximum Gasteiger partial charge on any atom is 0.191 e. The van der Waals surface area contributed by atoms with Gasteiger partial charge in [0, 0.05) is 6.07 Å². The van der Waals surface area contributed by atoms with Crippen molar-refractivity contribution in [2.75, 3.05) is 27.4 Å². The summed E-state index contributed by atoms with van der Waals surface area (Å²) in [6.07, 6.45) is 0.169. The summed E-state index contributed by atoms with van der Waals surface area (Å²) >= 11 is 0. The van der Waals surface area contributed by atoms with Gasteiger partial charge < -0.3 is 14.2 Å². The molecule has 0 atom stereocenters. The highest BCUT2D eigenvalue weighted by atomic mass is 16.5. The molecule has 0 saturated heterocycles. The van der Waals surface area contributed by atoms with E-state index < -0.39 is 0 Å². The van der Waals surface area contributed by atoms with Gasteiger partial charge in [0.25, 0.3) is 0 Å². The van der Waals surface area contributed by atoms with Crippen molar-refractivity contribution in [3.8, 4) is 11.5 Å². The molecule has 0 aromatic heterocycles. The second-order valence-corrected chi connectivity index (χ2v) is 3.79. The van der Waals surface area contributed by atoms with Gasteiger partial charge in [0.1, 0.15) is 18.1 Å². The van der Waals surface area contributed by atoms with Gasteiger partial charge >= 0.3 is 0 Å². The van der Waals surface area contributed by atoms with Crippen LogP contribution in [-0.4, -0.2) is 39.1 Å². The first-order valence-corrected chi connectivity index (χ1v) is 5.66. The van der Waals surface area contributed by atoms with E-state index in [4.69, 9.17) is 14.2 Å². The number of hydrogen-bond donors (Lipinski definition) is 0. The number of nitrogens with zero attached hydrogens (tertiary/aromatic N) is 1. The van der Waals surface area contributed by atoms with Crippen LogP contribution < -0.4 is 9.47 Å². The van der Waals surface area contributed by atoms with Crippen molar-refractivity contribution >= 4 is 11.7 Å². The lowest BCUT2D eigenvalue weighted by Gasteiger charge is -2.09. The molecule has 0 aliphatic carbocycles. The molecule has 1 aliphatic rings. The highest BCUT2D eigenvalue weighted by Gasteiger charge is 2.18. The molecule has 0 amide bonds. The third-order valence-corrected chi connectivity index (χ3v) is 2.67. The molecule has 0 spiro atoms.